The number of aryl methyl sites for hydroxylation is 1. The van der Waals surface area contributed by atoms with Gasteiger partial charge in [-0.1, -0.05) is 29.8 Å². The zero-order chi connectivity index (χ0) is 18.4. The Hall–Kier alpha value is -2.25. The molecule has 2 rings (SSSR count). The lowest BCUT2D eigenvalue weighted by molar-refractivity contribution is -0.120. The van der Waals surface area contributed by atoms with Gasteiger partial charge in [-0.15, -0.1) is 0 Å². The minimum atomic E-state index is -3.58. The maximum atomic E-state index is 12.8. The van der Waals surface area contributed by atoms with Crippen LogP contribution < -0.4 is 5.32 Å². The maximum absolute atomic E-state index is 12.8. The van der Waals surface area contributed by atoms with Crippen molar-refractivity contribution in [2.45, 2.75) is 18.2 Å². The van der Waals surface area contributed by atoms with Crippen LogP contribution in [0.15, 0.2) is 53.4 Å². The SMILES string of the molecule is Cc1ccc(S(=O)(=O)N(C)CCNC(=O)Cc2ccc(F)cc2)cc1. The standard InChI is InChI=1S/C18H21FN2O3S/c1-14-3-9-17(10-4-14)25(23,24)21(2)12-11-20-18(22)13-15-5-7-16(19)8-6-15/h3-10H,11-13H2,1-2H3,(H,20,22). The van der Waals surface area contributed by atoms with Crippen molar-refractivity contribution >= 4 is 15.9 Å². The highest BCUT2D eigenvalue weighted by atomic mass is 32.2. The highest BCUT2D eigenvalue weighted by molar-refractivity contribution is 7.89. The number of nitrogens with zero attached hydrogens (tertiary/aromatic N) is 1. The van der Waals surface area contributed by atoms with Gasteiger partial charge in [-0.2, -0.15) is 4.31 Å². The van der Waals surface area contributed by atoms with Gasteiger partial charge < -0.3 is 5.32 Å². The first-order valence-corrected chi connectivity index (χ1v) is 9.27. The van der Waals surface area contributed by atoms with Crippen LogP contribution in [0.25, 0.3) is 0 Å². The molecule has 2 aromatic carbocycles. The molecular weight excluding hydrogens is 343 g/mol. The first-order chi connectivity index (χ1) is 11.8. The highest BCUT2D eigenvalue weighted by Crippen LogP contribution is 2.14. The van der Waals surface area contributed by atoms with Gasteiger partial charge in [0.05, 0.1) is 11.3 Å². The Labute approximate surface area is 147 Å². The minimum absolute atomic E-state index is 0.120. The summed E-state index contributed by atoms with van der Waals surface area (Å²) in [6.45, 7) is 2.24. The van der Waals surface area contributed by atoms with Gasteiger partial charge in [0.1, 0.15) is 5.82 Å². The lowest BCUT2D eigenvalue weighted by Gasteiger charge is -2.17. The molecule has 2 aromatic rings. The second kappa shape index (κ2) is 8.22. The van der Waals surface area contributed by atoms with Crippen molar-refractivity contribution in [1.29, 1.82) is 0 Å². The first-order valence-electron chi connectivity index (χ1n) is 7.83. The van der Waals surface area contributed by atoms with E-state index in [2.05, 4.69) is 5.32 Å². The molecule has 0 heterocycles. The van der Waals surface area contributed by atoms with Crippen molar-refractivity contribution in [3.63, 3.8) is 0 Å². The third-order valence-corrected chi connectivity index (χ3v) is 5.63. The highest BCUT2D eigenvalue weighted by Gasteiger charge is 2.20. The summed E-state index contributed by atoms with van der Waals surface area (Å²) in [6.07, 6.45) is 0.120. The Balaban J connectivity index is 1.84. The molecule has 0 spiro atoms. The second-order valence-electron chi connectivity index (χ2n) is 5.79. The minimum Gasteiger partial charge on any atom is -0.354 e. The van der Waals surface area contributed by atoms with Gasteiger partial charge >= 0.3 is 0 Å². The molecule has 0 saturated heterocycles. The van der Waals surface area contributed by atoms with Crippen molar-refractivity contribution in [1.82, 2.24) is 9.62 Å². The summed E-state index contributed by atoms with van der Waals surface area (Å²) < 4.78 is 38.9. The smallest absolute Gasteiger partial charge is 0.242 e. The zero-order valence-corrected chi connectivity index (χ0v) is 15.0. The van der Waals surface area contributed by atoms with Gasteiger partial charge in [0, 0.05) is 20.1 Å². The van der Waals surface area contributed by atoms with Gasteiger partial charge in [0.25, 0.3) is 0 Å². The van der Waals surface area contributed by atoms with E-state index in [1.165, 1.54) is 23.5 Å². The number of likely N-dealkylation sites (N-methyl/N-ethyl adjacent to an activating group) is 1. The quantitative estimate of drug-likeness (QED) is 0.818. The second-order valence-corrected chi connectivity index (χ2v) is 7.84. The maximum Gasteiger partial charge on any atom is 0.242 e. The van der Waals surface area contributed by atoms with Crippen LogP contribution in [-0.2, 0) is 21.2 Å². The van der Waals surface area contributed by atoms with Crippen LogP contribution in [0.1, 0.15) is 11.1 Å². The lowest BCUT2D eigenvalue weighted by atomic mass is 10.1. The molecule has 134 valence electrons. The summed E-state index contributed by atoms with van der Waals surface area (Å²) >= 11 is 0. The van der Waals surface area contributed by atoms with Gasteiger partial charge in [-0.05, 0) is 36.8 Å². The van der Waals surface area contributed by atoms with E-state index in [0.29, 0.717) is 5.56 Å². The fraction of sp³-hybridized carbons (Fsp3) is 0.278. The first kappa shape index (κ1) is 19.1. The number of hydrogen-bond acceptors (Lipinski definition) is 3. The molecule has 0 aliphatic heterocycles. The van der Waals surface area contributed by atoms with E-state index >= 15 is 0 Å². The van der Waals surface area contributed by atoms with Crippen LogP contribution in [0.3, 0.4) is 0 Å². The average Bonchev–Trinajstić information content (AvgIpc) is 2.57. The molecule has 7 heteroatoms. The van der Waals surface area contributed by atoms with Crippen molar-refractivity contribution in [2.24, 2.45) is 0 Å². The summed E-state index contributed by atoms with van der Waals surface area (Å²) in [6, 6.07) is 12.3. The van der Waals surface area contributed by atoms with E-state index in [1.807, 2.05) is 6.92 Å². The Morgan fingerprint density at radius 3 is 2.28 bits per heavy atom. The predicted octanol–water partition coefficient (Wildman–Crippen LogP) is 2.11. The molecule has 0 aliphatic carbocycles. The lowest BCUT2D eigenvalue weighted by Crippen LogP contribution is -2.36. The predicted molar refractivity (Wildman–Crippen MR) is 94.1 cm³/mol. The third kappa shape index (κ3) is 5.37. The summed E-state index contributed by atoms with van der Waals surface area (Å²) in [4.78, 5) is 12.1. The number of rotatable bonds is 7. The molecule has 1 amide bonds. The molecule has 0 radical (unpaired) electrons. The summed E-state index contributed by atoms with van der Waals surface area (Å²) in [5, 5.41) is 2.67. The monoisotopic (exact) mass is 364 g/mol. The van der Waals surface area contributed by atoms with E-state index in [0.717, 1.165) is 5.56 Å². The van der Waals surface area contributed by atoms with Crippen molar-refractivity contribution < 1.29 is 17.6 Å². The van der Waals surface area contributed by atoms with Crippen LogP contribution in [-0.4, -0.2) is 38.8 Å². The largest absolute Gasteiger partial charge is 0.354 e. The number of amides is 1. The number of benzene rings is 2. The number of sulfonamides is 1. The molecule has 0 fully saturated rings. The molecular formula is C18H21FN2O3S. The molecule has 0 aliphatic rings. The zero-order valence-electron chi connectivity index (χ0n) is 14.2. The third-order valence-electron chi connectivity index (χ3n) is 3.76. The molecule has 0 unspecified atom stereocenters. The number of hydrogen-bond donors (Lipinski definition) is 1. The van der Waals surface area contributed by atoms with E-state index in [9.17, 15) is 17.6 Å². The fourth-order valence-corrected chi connectivity index (χ4v) is 3.38. The van der Waals surface area contributed by atoms with Gasteiger partial charge in [0.2, 0.25) is 15.9 Å². The number of nitrogens with one attached hydrogen (secondary N) is 1. The topological polar surface area (TPSA) is 66.5 Å². The number of carbonyl (C=O) groups excluding carboxylic acids is 1. The number of halogens is 1. The normalized spacial score (nSPS) is 11.5. The Morgan fingerprint density at radius 2 is 1.68 bits per heavy atom. The Bertz CT molecular complexity index is 818. The molecule has 25 heavy (non-hydrogen) atoms. The van der Waals surface area contributed by atoms with Gasteiger partial charge in [0.15, 0.2) is 0 Å². The fourth-order valence-electron chi connectivity index (χ4n) is 2.21. The molecule has 1 N–H and O–H groups in total. The van der Waals surface area contributed by atoms with Crippen molar-refractivity contribution in [3.8, 4) is 0 Å². The van der Waals surface area contributed by atoms with Crippen molar-refractivity contribution in [3.05, 3.63) is 65.5 Å². The molecule has 0 aromatic heterocycles. The van der Waals surface area contributed by atoms with Gasteiger partial charge in [-0.25, -0.2) is 12.8 Å². The summed E-state index contributed by atoms with van der Waals surface area (Å²) in [5.41, 5.74) is 1.68. The molecule has 0 bridgehead atoms. The number of carbonyl (C=O) groups is 1. The van der Waals surface area contributed by atoms with E-state index in [-0.39, 0.29) is 36.1 Å². The van der Waals surface area contributed by atoms with Crippen molar-refractivity contribution in [2.75, 3.05) is 20.1 Å². The van der Waals surface area contributed by atoms with Crippen LogP contribution in [0.5, 0.6) is 0 Å². The van der Waals surface area contributed by atoms with Crippen LogP contribution in [0, 0.1) is 12.7 Å². The van der Waals surface area contributed by atoms with E-state index in [1.54, 1.807) is 36.4 Å². The van der Waals surface area contributed by atoms with Gasteiger partial charge in [-0.3, -0.25) is 4.79 Å². The summed E-state index contributed by atoms with van der Waals surface area (Å²) in [5.74, 6) is -0.597. The van der Waals surface area contributed by atoms with E-state index in [4.69, 9.17) is 0 Å². The Morgan fingerprint density at radius 1 is 1.08 bits per heavy atom. The molecule has 5 nitrogen and oxygen atoms in total. The van der Waals surface area contributed by atoms with E-state index < -0.39 is 10.0 Å². The Kier molecular flexibility index (Phi) is 6.27. The average molecular weight is 364 g/mol. The molecule has 0 atom stereocenters. The summed E-state index contributed by atoms with van der Waals surface area (Å²) in [7, 11) is -2.10. The van der Waals surface area contributed by atoms with Crippen LogP contribution in [0.2, 0.25) is 0 Å². The van der Waals surface area contributed by atoms with Crippen LogP contribution in [0.4, 0.5) is 4.39 Å². The van der Waals surface area contributed by atoms with Crippen LogP contribution >= 0.6 is 0 Å². The molecule has 0 saturated carbocycles.